The van der Waals surface area contributed by atoms with Crippen LogP contribution in [0.1, 0.15) is 35.1 Å². The monoisotopic (exact) mass is 408 g/mol. The molecule has 0 saturated heterocycles. The molecule has 0 N–H and O–H groups in total. The molecule has 1 atom stereocenters. The molecule has 4 aromatic rings. The number of thioether (sulfide) groups is 1. The van der Waals surface area contributed by atoms with Crippen molar-refractivity contribution in [3.63, 3.8) is 0 Å². The molecule has 0 aliphatic rings. The molecule has 2 heterocycles. The molecule has 0 fully saturated rings. The Morgan fingerprint density at radius 2 is 1.83 bits per heavy atom. The first-order valence-corrected chi connectivity index (χ1v) is 10.0. The topological polar surface area (TPSA) is 87.1 Å². The Balaban J connectivity index is 1.40. The number of aromatic nitrogens is 4. The molecule has 7 nitrogen and oxygen atoms in total. The third-order valence-electron chi connectivity index (χ3n) is 4.29. The van der Waals surface area contributed by atoms with Crippen molar-refractivity contribution in [1.82, 2.24) is 20.4 Å². The SMILES string of the molecule is COc1ccc(Cc2nnc(S[C@H](C)c3nnc(-c4cccc(C)c4)o3)o2)cc1. The van der Waals surface area contributed by atoms with Crippen molar-refractivity contribution < 1.29 is 13.6 Å². The van der Waals surface area contributed by atoms with E-state index in [1.54, 1.807) is 7.11 Å². The van der Waals surface area contributed by atoms with Gasteiger partial charge >= 0.3 is 0 Å². The first-order chi connectivity index (χ1) is 14.1. The van der Waals surface area contributed by atoms with Crippen LogP contribution in [0.3, 0.4) is 0 Å². The van der Waals surface area contributed by atoms with E-state index in [2.05, 4.69) is 20.4 Å². The van der Waals surface area contributed by atoms with Crippen molar-refractivity contribution in [2.24, 2.45) is 0 Å². The summed E-state index contributed by atoms with van der Waals surface area (Å²) in [4.78, 5) is 0. The Kier molecular flexibility index (Phi) is 5.62. The number of hydrogen-bond donors (Lipinski definition) is 0. The fraction of sp³-hybridized carbons (Fsp3) is 0.238. The molecule has 2 aromatic heterocycles. The van der Waals surface area contributed by atoms with E-state index in [1.807, 2.05) is 62.4 Å². The minimum Gasteiger partial charge on any atom is -0.497 e. The van der Waals surface area contributed by atoms with E-state index in [0.29, 0.717) is 29.3 Å². The summed E-state index contributed by atoms with van der Waals surface area (Å²) in [5.41, 5.74) is 3.11. The van der Waals surface area contributed by atoms with Crippen LogP contribution >= 0.6 is 11.8 Å². The molecule has 0 amide bonds. The van der Waals surface area contributed by atoms with Crippen molar-refractivity contribution in [3.05, 3.63) is 71.4 Å². The van der Waals surface area contributed by atoms with Gasteiger partial charge in [0.2, 0.25) is 17.7 Å². The van der Waals surface area contributed by atoms with Gasteiger partial charge in [-0.15, -0.1) is 20.4 Å². The van der Waals surface area contributed by atoms with Gasteiger partial charge in [-0.1, -0.05) is 41.6 Å². The van der Waals surface area contributed by atoms with Crippen molar-refractivity contribution in [2.45, 2.75) is 30.7 Å². The highest BCUT2D eigenvalue weighted by molar-refractivity contribution is 7.99. The zero-order valence-corrected chi connectivity index (χ0v) is 17.1. The van der Waals surface area contributed by atoms with Crippen molar-refractivity contribution in [1.29, 1.82) is 0 Å². The fourth-order valence-corrected chi connectivity index (χ4v) is 3.50. The Morgan fingerprint density at radius 3 is 2.59 bits per heavy atom. The number of ether oxygens (including phenoxy) is 1. The molecule has 148 valence electrons. The molecule has 0 bridgehead atoms. The average Bonchev–Trinajstić information content (AvgIpc) is 3.38. The zero-order valence-electron chi connectivity index (χ0n) is 16.3. The Labute approximate surface area is 172 Å². The number of nitrogens with zero attached hydrogens (tertiary/aromatic N) is 4. The first-order valence-electron chi connectivity index (χ1n) is 9.13. The second-order valence-corrected chi connectivity index (χ2v) is 7.85. The van der Waals surface area contributed by atoms with Gasteiger partial charge in [-0.2, -0.15) is 0 Å². The van der Waals surface area contributed by atoms with Gasteiger partial charge in [0.15, 0.2) is 0 Å². The molecule has 0 aliphatic carbocycles. The number of hydrogen-bond acceptors (Lipinski definition) is 8. The molecule has 0 radical (unpaired) electrons. The predicted molar refractivity (Wildman–Crippen MR) is 109 cm³/mol. The van der Waals surface area contributed by atoms with E-state index >= 15 is 0 Å². The van der Waals surface area contributed by atoms with Crippen LogP contribution in [0.4, 0.5) is 0 Å². The first kappa shape index (κ1) is 19.2. The summed E-state index contributed by atoms with van der Waals surface area (Å²) in [7, 11) is 1.64. The summed E-state index contributed by atoms with van der Waals surface area (Å²) >= 11 is 1.39. The molecular weight excluding hydrogens is 388 g/mol. The lowest BCUT2D eigenvalue weighted by Gasteiger charge is -2.02. The summed E-state index contributed by atoms with van der Waals surface area (Å²) in [5, 5.41) is 16.9. The van der Waals surface area contributed by atoms with Gasteiger partial charge in [-0.05, 0) is 43.7 Å². The highest BCUT2D eigenvalue weighted by Gasteiger charge is 2.19. The van der Waals surface area contributed by atoms with Crippen molar-refractivity contribution in [2.75, 3.05) is 7.11 Å². The third kappa shape index (κ3) is 4.65. The molecule has 8 heteroatoms. The van der Waals surface area contributed by atoms with Crippen molar-refractivity contribution >= 4 is 11.8 Å². The van der Waals surface area contributed by atoms with E-state index in [9.17, 15) is 0 Å². The Hall–Kier alpha value is -3.13. The van der Waals surface area contributed by atoms with E-state index in [0.717, 1.165) is 22.4 Å². The maximum atomic E-state index is 5.84. The van der Waals surface area contributed by atoms with E-state index in [-0.39, 0.29) is 5.25 Å². The minimum atomic E-state index is -0.115. The van der Waals surface area contributed by atoms with Gasteiger partial charge in [-0.25, -0.2) is 0 Å². The average molecular weight is 408 g/mol. The largest absolute Gasteiger partial charge is 0.497 e. The van der Waals surface area contributed by atoms with Gasteiger partial charge in [0.05, 0.1) is 18.8 Å². The van der Waals surface area contributed by atoms with Crippen LogP contribution in [0.25, 0.3) is 11.5 Å². The molecule has 0 aliphatic heterocycles. The smallest absolute Gasteiger partial charge is 0.277 e. The number of methoxy groups -OCH3 is 1. The Bertz CT molecular complexity index is 1090. The van der Waals surface area contributed by atoms with Crippen LogP contribution in [0.5, 0.6) is 5.75 Å². The minimum absolute atomic E-state index is 0.115. The highest BCUT2D eigenvalue weighted by atomic mass is 32.2. The number of rotatable bonds is 7. The standard InChI is InChI=1S/C21H20N4O3S/c1-13-5-4-6-16(11-13)20-24-23-19(28-20)14(2)29-21-25-22-18(27-21)12-15-7-9-17(26-3)10-8-15/h4-11,14H,12H2,1-3H3/t14-/m1/s1. The summed E-state index contributed by atoms with van der Waals surface area (Å²) in [6.07, 6.45) is 0.560. The quantitative estimate of drug-likeness (QED) is 0.400. The molecular formula is C21H20N4O3S. The molecule has 29 heavy (non-hydrogen) atoms. The van der Waals surface area contributed by atoms with Crippen molar-refractivity contribution in [3.8, 4) is 17.2 Å². The zero-order chi connectivity index (χ0) is 20.2. The van der Waals surface area contributed by atoms with Gasteiger partial charge in [0.25, 0.3) is 5.22 Å². The van der Waals surface area contributed by atoms with Crippen LogP contribution in [0.15, 0.2) is 62.6 Å². The van der Waals surface area contributed by atoms with Gasteiger partial charge in [-0.3, -0.25) is 0 Å². The maximum Gasteiger partial charge on any atom is 0.277 e. The maximum absolute atomic E-state index is 5.84. The summed E-state index contributed by atoms with van der Waals surface area (Å²) in [5.74, 6) is 2.38. The highest BCUT2D eigenvalue weighted by Crippen LogP contribution is 2.34. The van der Waals surface area contributed by atoms with Crippen LogP contribution in [0.2, 0.25) is 0 Å². The van der Waals surface area contributed by atoms with Crippen LogP contribution < -0.4 is 4.74 Å². The molecule has 0 saturated carbocycles. The van der Waals surface area contributed by atoms with Crippen LogP contribution in [-0.4, -0.2) is 27.5 Å². The number of aryl methyl sites for hydroxylation is 1. The summed E-state index contributed by atoms with van der Waals surface area (Å²) < 4.78 is 16.8. The predicted octanol–water partition coefficient (Wildman–Crippen LogP) is 4.88. The fourth-order valence-electron chi connectivity index (χ4n) is 2.77. The molecule has 2 aromatic carbocycles. The normalized spacial score (nSPS) is 12.1. The molecule has 0 spiro atoms. The third-order valence-corrected chi connectivity index (χ3v) is 5.22. The summed E-state index contributed by atoms with van der Waals surface area (Å²) in [6, 6.07) is 15.7. The summed E-state index contributed by atoms with van der Waals surface area (Å²) in [6.45, 7) is 3.99. The van der Waals surface area contributed by atoms with Crippen LogP contribution in [0, 0.1) is 6.92 Å². The van der Waals surface area contributed by atoms with Gasteiger partial charge in [0, 0.05) is 5.56 Å². The van der Waals surface area contributed by atoms with E-state index in [1.165, 1.54) is 11.8 Å². The molecule has 0 unspecified atom stereocenters. The lowest BCUT2D eigenvalue weighted by atomic mass is 10.1. The van der Waals surface area contributed by atoms with Crippen LogP contribution in [-0.2, 0) is 6.42 Å². The van der Waals surface area contributed by atoms with Gasteiger partial charge < -0.3 is 13.6 Å². The second-order valence-electron chi connectivity index (χ2n) is 6.56. The Morgan fingerprint density at radius 1 is 1.00 bits per heavy atom. The lowest BCUT2D eigenvalue weighted by molar-refractivity contribution is 0.413. The van der Waals surface area contributed by atoms with Gasteiger partial charge in [0.1, 0.15) is 5.75 Å². The second kappa shape index (κ2) is 8.48. The van der Waals surface area contributed by atoms with E-state index in [4.69, 9.17) is 13.6 Å². The number of benzene rings is 2. The van der Waals surface area contributed by atoms with E-state index < -0.39 is 0 Å². The lowest BCUT2D eigenvalue weighted by Crippen LogP contribution is -1.89. The molecule has 4 rings (SSSR count).